The maximum atomic E-state index is 11.8. The van der Waals surface area contributed by atoms with Crippen molar-refractivity contribution in [1.29, 1.82) is 0 Å². The molecule has 1 aliphatic carbocycles. The molecular formula is C14H15ClN4OS. The van der Waals surface area contributed by atoms with Crippen LogP contribution in [0.25, 0.3) is 0 Å². The van der Waals surface area contributed by atoms with Crippen LogP contribution in [0.5, 0.6) is 0 Å². The molecule has 1 aromatic carbocycles. The van der Waals surface area contributed by atoms with Crippen molar-refractivity contribution in [1.82, 2.24) is 20.5 Å². The normalized spacial score (nSPS) is 14.1. The van der Waals surface area contributed by atoms with E-state index in [4.69, 9.17) is 11.6 Å². The Kier molecular flexibility index (Phi) is 4.45. The van der Waals surface area contributed by atoms with Gasteiger partial charge in [-0.1, -0.05) is 35.5 Å². The Morgan fingerprint density at radius 3 is 3.10 bits per heavy atom. The maximum absolute atomic E-state index is 11.8. The fraction of sp³-hybridized carbons (Fsp3) is 0.357. The zero-order valence-electron chi connectivity index (χ0n) is 11.3. The Morgan fingerprint density at radius 1 is 1.48 bits per heavy atom. The molecule has 0 saturated heterocycles. The fourth-order valence-electron chi connectivity index (χ4n) is 1.89. The van der Waals surface area contributed by atoms with Gasteiger partial charge in [0, 0.05) is 17.5 Å². The monoisotopic (exact) mass is 322 g/mol. The minimum atomic E-state index is -0.0438. The first-order valence-corrected chi connectivity index (χ1v) is 8.13. The van der Waals surface area contributed by atoms with Crippen LogP contribution in [0.1, 0.15) is 30.1 Å². The number of nitrogens with one attached hydrogen (secondary N) is 2. The number of aromatic nitrogens is 3. The van der Waals surface area contributed by atoms with Crippen molar-refractivity contribution in [2.45, 2.75) is 30.5 Å². The Balaban J connectivity index is 1.43. The van der Waals surface area contributed by atoms with Gasteiger partial charge in [0.15, 0.2) is 0 Å². The summed E-state index contributed by atoms with van der Waals surface area (Å²) < 4.78 is 0. The molecule has 110 valence electrons. The Labute approximate surface area is 131 Å². The molecule has 7 heteroatoms. The van der Waals surface area contributed by atoms with Crippen LogP contribution in [-0.2, 0) is 11.3 Å². The molecule has 1 saturated carbocycles. The van der Waals surface area contributed by atoms with E-state index in [0.717, 1.165) is 11.4 Å². The van der Waals surface area contributed by atoms with Crippen LogP contribution in [0.4, 0.5) is 0 Å². The predicted molar refractivity (Wildman–Crippen MR) is 82.4 cm³/mol. The molecule has 1 heterocycles. The number of benzene rings is 1. The second kappa shape index (κ2) is 6.49. The van der Waals surface area contributed by atoms with Crippen molar-refractivity contribution in [3.63, 3.8) is 0 Å². The number of nitrogens with zero attached hydrogens (tertiary/aromatic N) is 2. The van der Waals surface area contributed by atoms with Crippen molar-refractivity contribution in [2.75, 3.05) is 5.75 Å². The quantitative estimate of drug-likeness (QED) is 0.802. The summed E-state index contributed by atoms with van der Waals surface area (Å²) >= 11 is 7.24. The van der Waals surface area contributed by atoms with Crippen molar-refractivity contribution < 1.29 is 4.79 Å². The summed E-state index contributed by atoms with van der Waals surface area (Å²) in [7, 11) is 0. The minimum absolute atomic E-state index is 0.0438. The molecule has 0 radical (unpaired) electrons. The van der Waals surface area contributed by atoms with E-state index < -0.39 is 0 Å². The highest BCUT2D eigenvalue weighted by molar-refractivity contribution is 7.99. The van der Waals surface area contributed by atoms with Gasteiger partial charge in [-0.3, -0.25) is 9.89 Å². The van der Waals surface area contributed by atoms with Crippen LogP contribution in [0.2, 0.25) is 5.02 Å². The van der Waals surface area contributed by atoms with Gasteiger partial charge in [0.05, 0.1) is 5.75 Å². The zero-order valence-corrected chi connectivity index (χ0v) is 12.9. The third-order valence-electron chi connectivity index (χ3n) is 3.16. The van der Waals surface area contributed by atoms with Gasteiger partial charge in [-0.25, -0.2) is 4.98 Å². The number of rotatable bonds is 6. The van der Waals surface area contributed by atoms with Gasteiger partial charge in [-0.15, -0.1) is 5.10 Å². The Bertz CT molecular complexity index is 641. The SMILES string of the molecule is O=C(CSc1n[nH]c(C2CC2)n1)NCc1cccc(Cl)c1. The van der Waals surface area contributed by atoms with Gasteiger partial charge in [-0.2, -0.15) is 0 Å². The number of thioether (sulfide) groups is 1. The van der Waals surface area contributed by atoms with E-state index in [1.165, 1.54) is 24.6 Å². The topological polar surface area (TPSA) is 70.7 Å². The van der Waals surface area contributed by atoms with Crippen LogP contribution in [0, 0.1) is 0 Å². The summed E-state index contributed by atoms with van der Waals surface area (Å²) in [6, 6.07) is 7.44. The number of hydrogen-bond donors (Lipinski definition) is 2. The van der Waals surface area contributed by atoms with E-state index in [0.29, 0.717) is 28.4 Å². The molecule has 0 aliphatic heterocycles. The first-order chi connectivity index (χ1) is 10.2. The molecular weight excluding hydrogens is 308 g/mol. The highest BCUT2D eigenvalue weighted by atomic mass is 35.5. The van der Waals surface area contributed by atoms with Crippen LogP contribution in [0.3, 0.4) is 0 Å². The predicted octanol–water partition coefficient (Wildman–Crippen LogP) is 2.74. The van der Waals surface area contributed by atoms with Gasteiger partial charge >= 0.3 is 0 Å². The number of halogens is 1. The highest BCUT2D eigenvalue weighted by Gasteiger charge is 2.27. The second-order valence-electron chi connectivity index (χ2n) is 4.97. The third kappa shape index (κ3) is 4.22. The number of amides is 1. The number of carbonyl (C=O) groups is 1. The van der Waals surface area contributed by atoms with E-state index in [1.807, 2.05) is 24.3 Å². The number of carbonyl (C=O) groups excluding carboxylic acids is 1. The summed E-state index contributed by atoms with van der Waals surface area (Å²) in [5, 5.41) is 11.2. The molecule has 5 nitrogen and oxygen atoms in total. The van der Waals surface area contributed by atoms with Gasteiger partial charge in [0.25, 0.3) is 0 Å². The summed E-state index contributed by atoms with van der Waals surface area (Å²) in [5.74, 6) is 1.75. The first-order valence-electron chi connectivity index (χ1n) is 6.77. The Morgan fingerprint density at radius 2 is 2.33 bits per heavy atom. The summed E-state index contributed by atoms with van der Waals surface area (Å²) in [5.41, 5.74) is 0.981. The molecule has 21 heavy (non-hydrogen) atoms. The lowest BCUT2D eigenvalue weighted by molar-refractivity contribution is -0.118. The molecule has 0 unspecified atom stereocenters. The lowest BCUT2D eigenvalue weighted by Crippen LogP contribution is -2.24. The van der Waals surface area contributed by atoms with Crippen molar-refractivity contribution in [3.05, 3.63) is 40.7 Å². The second-order valence-corrected chi connectivity index (χ2v) is 6.35. The average molecular weight is 323 g/mol. The molecule has 1 amide bonds. The molecule has 1 aliphatic rings. The largest absolute Gasteiger partial charge is 0.351 e. The van der Waals surface area contributed by atoms with E-state index in [-0.39, 0.29) is 5.91 Å². The van der Waals surface area contributed by atoms with E-state index in [9.17, 15) is 4.79 Å². The summed E-state index contributed by atoms with van der Waals surface area (Å²) in [6.07, 6.45) is 2.36. The van der Waals surface area contributed by atoms with E-state index in [1.54, 1.807) is 0 Å². The van der Waals surface area contributed by atoms with Crippen LogP contribution in [0.15, 0.2) is 29.4 Å². The molecule has 0 spiro atoms. The van der Waals surface area contributed by atoms with Crippen molar-refractivity contribution in [3.8, 4) is 0 Å². The third-order valence-corrected chi connectivity index (χ3v) is 4.24. The minimum Gasteiger partial charge on any atom is -0.351 e. The van der Waals surface area contributed by atoms with Gasteiger partial charge in [0.2, 0.25) is 11.1 Å². The van der Waals surface area contributed by atoms with Gasteiger partial charge in [0.1, 0.15) is 5.82 Å². The number of hydrogen-bond acceptors (Lipinski definition) is 4. The van der Waals surface area contributed by atoms with Crippen molar-refractivity contribution >= 4 is 29.3 Å². The number of aromatic amines is 1. The van der Waals surface area contributed by atoms with Crippen LogP contribution >= 0.6 is 23.4 Å². The van der Waals surface area contributed by atoms with Gasteiger partial charge in [-0.05, 0) is 30.5 Å². The molecule has 2 aromatic rings. The smallest absolute Gasteiger partial charge is 0.230 e. The molecule has 3 rings (SSSR count). The zero-order chi connectivity index (χ0) is 14.7. The highest BCUT2D eigenvalue weighted by Crippen LogP contribution is 2.38. The van der Waals surface area contributed by atoms with Gasteiger partial charge < -0.3 is 5.32 Å². The summed E-state index contributed by atoms with van der Waals surface area (Å²) in [6.45, 7) is 0.473. The number of H-pyrrole nitrogens is 1. The average Bonchev–Trinajstić information content (AvgIpc) is 3.22. The van der Waals surface area contributed by atoms with E-state index >= 15 is 0 Å². The molecule has 1 aromatic heterocycles. The standard InChI is InChI=1S/C14H15ClN4OS/c15-11-3-1-2-9(6-11)7-16-12(20)8-21-14-17-13(18-19-14)10-4-5-10/h1-3,6,10H,4-5,7-8H2,(H,16,20)(H,17,18,19). The Hall–Kier alpha value is -1.53. The molecule has 2 N–H and O–H groups in total. The molecule has 0 bridgehead atoms. The van der Waals surface area contributed by atoms with Crippen molar-refractivity contribution in [2.24, 2.45) is 0 Å². The lowest BCUT2D eigenvalue weighted by Gasteiger charge is -2.04. The first kappa shape index (κ1) is 14.4. The van der Waals surface area contributed by atoms with Crippen LogP contribution in [-0.4, -0.2) is 26.8 Å². The van der Waals surface area contributed by atoms with Crippen LogP contribution < -0.4 is 5.32 Å². The lowest BCUT2D eigenvalue weighted by atomic mass is 10.2. The maximum Gasteiger partial charge on any atom is 0.230 e. The van der Waals surface area contributed by atoms with E-state index in [2.05, 4.69) is 20.5 Å². The summed E-state index contributed by atoms with van der Waals surface area (Å²) in [4.78, 5) is 16.2. The molecule has 0 atom stereocenters. The fourth-order valence-corrected chi connectivity index (χ4v) is 2.74. The molecule has 1 fully saturated rings.